The first kappa shape index (κ1) is 65.5. The van der Waals surface area contributed by atoms with Gasteiger partial charge >= 0.3 is 17.9 Å². The molecule has 0 N–H and O–H groups in total. The second-order valence-corrected chi connectivity index (χ2v) is 17.3. The molecule has 0 spiro atoms. The molecule has 0 radical (unpaired) electrons. The van der Waals surface area contributed by atoms with Gasteiger partial charge in [-0.25, -0.2) is 0 Å². The lowest BCUT2D eigenvalue weighted by molar-refractivity contribution is -0.167. The Morgan fingerprint density at radius 1 is 0.310 bits per heavy atom. The van der Waals surface area contributed by atoms with Gasteiger partial charge < -0.3 is 14.2 Å². The van der Waals surface area contributed by atoms with Gasteiger partial charge in [-0.05, 0) is 103 Å². The number of ether oxygens (including phenoxy) is 3. The number of unbranched alkanes of at least 4 members (excludes halogenated alkanes) is 14. The molecule has 0 saturated heterocycles. The third kappa shape index (κ3) is 55.3. The summed E-state index contributed by atoms with van der Waals surface area (Å²) >= 11 is 0. The van der Waals surface area contributed by atoms with E-state index in [0.717, 1.165) is 122 Å². The highest BCUT2D eigenvalue weighted by atomic mass is 16.6. The zero-order chi connectivity index (χ0) is 51.4. The van der Waals surface area contributed by atoms with Gasteiger partial charge in [-0.3, -0.25) is 14.4 Å². The van der Waals surface area contributed by atoms with E-state index in [9.17, 15) is 14.4 Å². The van der Waals surface area contributed by atoms with E-state index in [4.69, 9.17) is 14.2 Å². The first-order valence-corrected chi connectivity index (χ1v) is 27.4. The van der Waals surface area contributed by atoms with Crippen LogP contribution in [0.1, 0.15) is 188 Å². The SMILES string of the molecule is CC\C=C/C=C\C=C/C=C\C=C\C=C/C=C\CCCCCC(=O)OCC(COC(=O)CCCCC/C=C\C/C=C\C/C=C\C/C=C\CC)OC(=O)CCCCCCC\C=C/C=C\C=C/C=C\CCCCC. The topological polar surface area (TPSA) is 78.9 Å². The number of carbonyl (C=O) groups excluding carboxylic acids is 3. The second-order valence-electron chi connectivity index (χ2n) is 17.3. The van der Waals surface area contributed by atoms with Crippen molar-refractivity contribution >= 4 is 17.9 Å². The monoisotopic (exact) mass is 973 g/mol. The molecule has 0 aliphatic rings. The van der Waals surface area contributed by atoms with Gasteiger partial charge in [0, 0.05) is 19.3 Å². The van der Waals surface area contributed by atoms with E-state index in [0.29, 0.717) is 12.8 Å². The van der Waals surface area contributed by atoms with Crippen molar-refractivity contribution in [3.05, 3.63) is 182 Å². The van der Waals surface area contributed by atoms with Crippen LogP contribution in [0.4, 0.5) is 0 Å². The number of esters is 3. The Bertz CT molecular complexity index is 1730. The van der Waals surface area contributed by atoms with Gasteiger partial charge in [-0.1, -0.05) is 248 Å². The molecule has 0 aromatic rings. The third-order valence-electron chi connectivity index (χ3n) is 10.7. The maximum Gasteiger partial charge on any atom is 0.306 e. The Balaban J connectivity index is 4.65. The van der Waals surface area contributed by atoms with Crippen molar-refractivity contribution in [3.8, 4) is 0 Å². The summed E-state index contributed by atoms with van der Waals surface area (Å²) in [5.41, 5.74) is 0. The van der Waals surface area contributed by atoms with Crippen LogP contribution in [-0.2, 0) is 28.6 Å². The van der Waals surface area contributed by atoms with E-state index in [1.54, 1.807) is 0 Å². The van der Waals surface area contributed by atoms with Crippen LogP contribution in [0.25, 0.3) is 0 Å². The predicted molar refractivity (Wildman–Crippen MR) is 306 cm³/mol. The normalized spacial score (nSPS) is 13.6. The molecule has 0 saturated carbocycles. The minimum absolute atomic E-state index is 0.130. The highest BCUT2D eigenvalue weighted by molar-refractivity contribution is 5.71. The summed E-state index contributed by atoms with van der Waals surface area (Å²) in [6.45, 7) is 6.22. The molecule has 0 fully saturated rings. The quantitative estimate of drug-likeness (QED) is 0.0199. The third-order valence-corrected chi connectivity index (χ3v) is 10.7. The molecule has 0 aliphatic carbocycles. The molecular formula is C65H96O6. The molecule has 6 heteroatoms. The smallest absolute Gasteiger partial charge is 0.306 e. The van der Waals surface area contributed by atoms with Crippen molar-refractivity contribution in [1.29, 1.82) is 0 Å². The number of hydrogen-bond donors (Lipinski definition) is 0. The minimum Gasteiger partial charge on any atom is -0.462 e. The molecule has 0 rings (SSSR count). The van der Waals surface area contributed by atoms with Crippen molar-refractivity contribution < 1.29 is 28.6 Å². The Labute approximate surface area is 434 Å². The van der Waals surface area contributed by atoms with Gasteiger partial charge in [0.2, 0.25) is 0 Å². The summed E-state index contributed by atoms with van der Waals surface area (Å²) in [4.78, 5) is 38.1. The number of rotatable bonds is 46. The van der Waals surface area contributed by atoms with Gasteiger partial charge in [0.15, 0.2) is 6.10 Å². The lowest BCUT2D eigenvalue weighted by atomic mass is 10.1. The fraction of sp³-hybridized carbons (Fsp3) is 0.492. The van der Waals surface area contributed by atoms with Gasteiger partial charge in [0.25, 0.3) is 0 Å². The van der Waals surface area contributed by atoms with Gasteiger partial charge in [-0.2, -0.15) is 0 Å². The van der Waals surface area contributed by atoms with E-state index in [1.807, 2.05) is 72.9 Å². The maximum absolute atomic E-state index is 12.9. The van der Waals surface area contributed by atoms with Gasteiger partial charge in [0.05, 0.1) is 0 Å². The number of carbonyl (C=O) groups is 3. The van der Waals surface area contributed by atoms with Crippen LogP contribution in [0.3, 0.4) is 0 Å². The Kier molecular flexibility index (Phi) is 52.7. The van der Waals surface area contributed by atoms with Crippen LogP contribution >= 0.6 is 0 Å². The molecule has 1 atom stereocenters. The largest absolute Gasteiger partial charge is 0.462 e. The van der Waals surface area contributed by atoms with E-state index in [2.05, 4.69) is 130 Å². The summed E-state index contributed by atoms with van der Waals surface area (Å²) in [6, 6.07) is 0. The number of allylic oxidation sites excluding steroid dienone is 30. The zero-order valence-electron chi connectivity index (χ0n) is 44.6. The Morgan fingerprint density at radius 3 is 1.04 bits per heavy atom. The van der Waals surface area contributed by atoms with Crippen LogP contribution in [0.5, 0.6) is 0 Å². The summed E-state index contributed by atoms with van der Waals surface area (Å²) in [5.74, 6) is -1.04. The average molecular weight is 973 g/mol. The summed E-state index contributed by atoms with van der Waals surface area (Å²) in [5, 5.41) is 0. The standard InChI is InChI=1S/C65H96O6/c1-4-7-10-13-16-19-22-25-28-31-33-35-37-40-43-46-49-52-55-58-64(67)70-61-62(60-69-63(66)57-54-51-48-45-42-39-36-30-27-24-21-18-15-12-9-6-3)71-65(68)59-56-53-50-47-44-41-38-34-32-29-26-23-20-17-14-11-8-5-2/h7,9-10,12-13,16-23,25-35,37-40,42-43,62H,4-6,8,11,14-15,24,36,41,44-61H2,1-3H3/b10-7-,12-9-,16-13-,20-17-,21-18-,22-19-,26-23-,28-25-,30-27-,32-29-,33-31+,37-35-,38-34-,42-39-,43-40-. The molecule has 0 aromatic carbocycles. The summed E-state index contributed by atoms with van der Waals surface area (Å²) < 4.78 is 16.8. The first-order valence-electron chi connectivity index (χ1n) is 27.4. The van der Waals surface area contributed by atoms with Crippen molar-refractivity contribution in [1.82, 2.24) is 0 Å². The molecule has 0 aromatic heterocycles. The lowest BCUT2D eigenvalue weighted by Gasteiger charge is -2.18. The van der Waals surface area contributed by atoms with Crippen LogP contribution < -0.4 is 0 Å². The van der Waals surface area contributed by atoms with Crippen LogP contribution in [-0.4, -0.2) is 37.2 Å². The van der Waals surface area contributed by atoms with E-state index < -0.39 is 6.10 Å². The van der Waals surface area contributed by atoms with Gasteiger partial charge in [0.1, 0.15) is 13.2 Å². The maximum atomic E-state index is 12.9. The molecule has 0 amide bonds. The van der Waals surface area contributed by atoms with E-state index in [1.165, 1.54) is 19.3 Å². The molecule has 0 bridgehead atoms. The Morgan fingerprint density at radius 2 is 0.620 bits per heavy atom. The van der Waals surface area contributed by atoms with E-state index in [-0.39, 0.29) is 44.0 Å². The highest BCUT2D eigenvalue weighted by Crippen LogP contribution is 2.12. The molecule has 71 heavy (non-hydrogen) atoms. The molecular weight excluding hydrogens is 877 g/mol. The number of hydrogen-bond acceptors (Lipinski definition) is 6. The summed E-state index contributed by atoms with van der Waals surface area (Å²) in [7, 11) is 0. The fourth-order valence-electron chi connectivity index (χ4n) is 6.60. The molecule has 392 valence electrons. The van der Waals surface area contributed by atoms with Crippen molar-refractivity contribution in [2.24, 2.45) is 0 Å². The highest BCUT2D eigenvalue weighted by Gasteiger charge is 2.19. The van der Waals surface area contributed by atoms with Gasteiger partial charge in [-0.15, -0.1) is 0 Å². The molecule has 1 unspecified atom stereocenters. The zero-order valence-corrected chi connectivity index (χ0v) is 44.6. The van der Waals surface area contributed by atoms with Crippen LogP contribution in [0, 0.1) is 0 Å². The van der Waals surface area contributed by atoms with Crippen LogP contribution in [0.15, 0.2) is 182 Å². The molecule has 6 nitrogen and oxygen atoms in total. The Hall–Kier alpha value is -5.49. The second kappa shape index (κ2) is 57.1. The van der Waals surface area contributed by atoms with Crippen molar-refractivity contribution in [3.63, 3.8) is 0 Å². The summed E-state index contributed by atoms with van der Waals surface area (Å²) in [6.07, 6.45) is 85.8. The van der Waals surface area contributed by atoms with E-state index >= 15 is 0 Å². The average Bonchev–Trinajstić information content (AvgIpc) is 3.37. The fourth-order valence-corrected chi connectivity index (χ4v) is 6.60. The van der Waals surface area contributed by atoms with Crippen molar-refractivity contribution in [2.45, 2.75) is 194 Å². The molecule has 0 heterocycles. The lowest BCUT2D eigenvalue weighted by Crippen LogP contribution is -2.30. The predicted octanol–water partition coefficient (Wildman–Crippen LogP) is 18.5. The molecule has 0 aliphatic heterocycles. The minimum atomic E-state index is -0.835. The van der Waals surface area contributed by atoms with Crippen molar-refractivity contribution in [2.75, 3.05) is 13.2 Å². The first-order chi connectivity index (χ1) is 35.0. The van der Waals surface area contributed by atoms with Crippen LogP contribution in [0.2, 0.25) is 0 Å².